The van der Waals surface area contributed by atoms with Crippen molar-refractivity contribution in [1.82, 2.24) is 39.5 Å². The predicted octanol–water partition coefficient (Wildman–Crippen LogP) is 7.94. The van der Waals surface area contributed by atoms with E-state index in [2.05, 4.69) is 30.4 Å². The van der Waals surface area contributed by atoms with E-state index in [9.17, 15) is 33.1 Å². The van der Waals surface area contributed by atoms with Crippen LogP contribution in [0.15, 0.2) is 110 Å². The third-order valence-electron chi connectivity index (χ3n) is 12.6. The number of aromatic nitrogens is 8. The van der Waals surface area contributed by atoms with Crippen molar-refractivity contribution in [2.45, 2.75) is 85.3 Å². The first-order valence-corrected chi connectivity index (χ1v) is 22.9. The van der Waals surface area contributed by atoms with Crippen molar-refractivity contribution in [2.24, 2.45) is 0 Å². The van der Waals surface area contributed by atoms with Crippen LogP contribution < -0.4 is 25.3 Å². The number of rotatable bonds is 11. The molecule has 0 bridgehead atoms. The Morgan fingerprint density at radius 2 is 1.10 bits per heavy atom. The summed E-state index contributed by atoms with van der Waals surface area (Å²) in [7, 11) is 0. The zero-order chi connectivity index (χ0) is 51.5. The SMILES string of the molecule is CC(=O)c1c(O)c2ncc(Cc3ccc(F)cc3)c3c2n(c1=O)C[C@](C)(c1nnc(C)o1)O3.CC(=O)c1c(OCc2ccccc2)c2ncc(Cc3ccc(F)cc3)c3c2n(c1=O)C[C@](C)(c1nnc(C)o1)O3. The van der Waals surface area contributed by atoms with Crippen molar-refractivity contribution in [2.75, 3.05) is 0 Å². The average Bonchev–Trinajstić information content (AvgIpc) is 4.03. The van der Waals surface area contributed by atoms with E-state index < -0.39 is 39.6 Å². The van der Waals surface area contributed by atoms with E-state index in [0.717, 1.165) is 16.7 Å². The second-order valence-electron chi connectivity index (χ2n) is 18.2. The fourth-order valence-electron chi connectivity index (χ4n) is 9.08. The van der Waals surface area contributed by atoms with Crippen LogP contribution in [-0.2, 0) is 43.7 Å². The monoisotopic (exact) mass is 990 g/mol. The number of ether oxygens (including phenoxy) is 3. The van der Waals surface area contributed by atoms with Crippen molar-refractivity contribution < 1.29 is 46.5 Å². The molecule has 0 spiro atoms. The summed E-state index contributed by atoms with van der Waals surface area (Å²) in [6.07, 6.45) is 3.80. The Kier molecular flexibility index (Phi) is 12.0. The fraction of sp³-hybridized carbons (Fsp3) is 0.245. The summed E-state index contributed by atoms with van der Waals surface area (Å²) in [6, 6.07) is 21.5. The van der Waals surface area contributed by atoms with Crippen molar-refractivity contribution >= 4 is 33.6 Å². The molecule has 0 amide bonds. The largest absolute Gasteiger partial charge is 0.505 e. The van der Waals surface area contributed by atoms with Crippen LogP contribution in [0.4, 0.5) is 8.78 Å². The minimum atomic E-state index is -1.23. The third kappa shape index (κ3) is 8.73. The summed E-state index contributed by atoms with van der Waals surface area (Å²) in [6.45, 7) is 9.37. The normalized spacial score (nSPS) is 16.6. The zero-order valence-corrected chi connectivity index (χ0v) is 40.2. The average molecular weight is 991 g/mol. The van der Waals surface area contributed by atoms with E-state index in [4.69, 9.17) is 23.0 Å². The second kappa shape index (κ2) is 18.3. The van der Waals surface area contributed by atoms with Crippen molar-refractivity contribution in [3.05, 3.63) is 186 Å². The predicted molar refractivity (Wildman–Crippen MR) is 257 cm³/mol. The maximum Gasteiger partial charge on any atom is 0.266 e. The molecule has 0 fully saturated rings. The lowest BCUT2D eigenvalue weighted by atomic mass is 9.99. The third-order valence-corrected chi connectivity index (χ3v) is 12.6. The molecule has 0 aliphatic carbocycles. The lowest BCUT2D eigenvalue weighted by Gasteiger charge is -2.35. The first-order chi connectivity index (χ1) is 34.9. The van der Waals surface area contributed by atoms with Gasteiger partial charge >= 0.3 is 0 Å². The highest BCUT2D eigenvalue weighted by atomic mass is 19.1. The molecule has 0 saturated carbocycles. The Bertz CT molecular complexity index is 3800. The van der Waals surface area contributed by atoms with Crippen molar-refractivity contribution in [1.29, 1.82) is 0 Å². The number of Topliss-reactive ketones (excluding diaryl/α,β-unsaturated/α-hetero) is 2. The minimum Gasteiger partial charge on any atom is -0.505 e. The second-order valence-corrected chi connectivity index (χ2v) is 18.2. The number of carbonyl (C=O) groups is 2. The first kappa shape index (κ1) is 47.7. The van der Waals surface area contributed by atoms with E-state index in [0.29, 0.717) is 52.5 Å². The molecule has 2 aliphatic rings. The summed E-state index contributed by atoms with van der Waals surface area (Å²) in [5, 5.41) is 26.7. The molecular weight excluding hydrogens is 947 g/mol. The quantitative estimate of drug-likeness (QED) is 0.121. The zero-order valence-electron chi connectivity index (χ0n) is 40.2. The number of pyridine rings is 4. The van der Waals surface area contributed by atoms with Gasteiger partial charge in [-0.1, -0.05) is 54.6 Å². The molecule has 6 aromatic heterocycles. The molecule has 1 N–H and O–H groups in total. The summed E-state index contributed by atoms with van der Waals surface area (Å²) < 4.78 is 60.2. The fourth-order valence-corrected chi connectivity index (χ4v) is 9.08. The van der Waals surface area contributed by atoms with Crippen LogP contribution in [0.25, 0.3) is 22.1 Å². The van der Waals surface area contributed by atoms with E-state index in [1.165, 1.54) is 53.4 Å². The van der Waals surface area contributed by atoms with Crippen molar-refractivity contribution in [3.63, 3.8) is 0 Å². The maximum atomic E-state index is 14.0. The van der Waals surface area contributed by atoms with Gasteiger partial charge in [0.2, 0.25) is 23.0 Å². The van der Waals surface area contributed by atoms with E-state index in [-0.39, 0.29) is 76.8 Å². The summed E-state index contributed by atoms with van der Waals surface area (Å²) in [4.78, 5) is 61.3. The number of aromatic hydroxyl groups is 1. The van der Waals surface area contributed by atoms with E-state index in [1.54, 1.807) is 58.2 Å². The van der Waals surface area contributed by atoms with Gasteiger partial charge in [0.05, 0.1) is 13.1 Å². The summed E-state index contributed by atoms with van der Waals surface area (Å²) in [5.41, 5.74) is 0.678. The van der Waals surface area contributed by atoms with Crippen LogP contribution in [-0.4, -0.2) is 56.2 Å². The van der Waals surface area contributed by atoms with Gasteiger partial charge in [0, 0.05) is 50.2 Å². The van der Waals surface area contributed by atoms with Gasteiger partial charge in [0.25, 0.3) is 22.9 Å². The molecule has 73 heavy (non-hydrogen) atoms. The highest BCUT2D eigenvalue weighted by Gasteiger charge is 2.44. The van der Waals surface area contributed by atoms with Crippen LogP contribution in [0, 0.1) is 25.5 Å². The maximum absolute atomic E-state index is 14.0. The van der Waals surface area contributed by atoms with E-state index >= 15 is 0 Å². The molecule has 9 aromatic rings. The number of aryl methyl sites for hydroxylation is 2. The Balaban J connectivity index is 0.000000171. The molecule has 2 atom stereocenters. The molecule has 18 nitrogen and oxygen atoms in total. The molecule has 8 heterocycles. The molecule has 370 valence electrons. The summed E-state index contributed by atoms with van der Waals surface area (Å²) >= 11 is 0. The Morgan fingerprint density at radius 3 is 1.55 bits per heavy atom. The van der Waals surface area contributed by atoms with Gasteiger partial charge in [-0.15, -0.1) is 20.4 Å². The van der Waals surface area contributed by atoms with Crippen LogP contribution in [0.1, 0.15) is 99.8 Å². The number of hydrogen-bond acceptors (Lipinski definition) is 16. The molecule has 2 aliphatic heterocycles. The number of ketones is 2. The number of hydrogen-bond donors (Lipinski definition) is 1. The van der Waals surface area contributed by atoms with Gasteiger partial charge in [0.1, 0.15) is 51.4 Å². The molecule has 20 heteroatoms. The van der Waals surface area contributed by atoms with Gasteiger partial charge in [-0.05, 0) is 68.7 Å². The molecule has 3 aromatic carbocycles. The number of nitrogens with zero attached hydrogens (tertiary/aromatic N) is 8. The lowest BCUT2D eigenvalue weighted by molar-refractivity contribution is 0.0282. The van der Waals surface area contributed by atoms with Gasteiger partial charge in [-0.2, -0.15) is 0 Å². The smallest absolute Gasteiger partial charge is 0.266 e. The number of carbonyl (C=O) groups excluding carboxylic acids is 2. The van der Waals surface area contributed by atoms with Gasteiger partial charge in [-0.3, -0.25) is 38.3 Å². The molecular formula is C53H44F2N8O10. The molecule has 0 unspecified atom stereocenters. The van der Waals surface area contributed by atoms with Gasteiger partial charge in [0.15, 0.2) is 34.6 Å². The Hall–Kier alpha value is -8.94. The standard InChI is InChI=1S/C30H25FN4O5.C23H19FN4O5/c1-17(36)23-27(38-15-20-7-5-4-6-8-20)24-25-26(21(14-32-24)13-19-9-11-22(31)12-10-19)40-30(3,16-35(25)28(23)37)29-34-33-18(2)39-29;1-11(29)16-19(30)17-18-20(14(9-25-17)8-13-4-6-15(24)7-5-13)33-23(3,10-28(18)21(16)31)22-27-26-12(2)32-22/h4-12,14H,13,15-16H2,1-3H3;4-7,9,30H,8,10H2,1-3H3/t30-;23-/m11/s1. The van der Waals surface area contributed by atoms with Crippen LogP contribution in [0.5, 0.6) is 23.0 Å². The minimum absolute atomic E-state index is 0.00209. The lowest BCUT2D eigenvalue weighted by Crippen LogP contribution is -2.43. The first-order valence-electron chi connectivity index (χ1n) is 22.9. The summed E-state index contributed by atoms with van der Waals surface area (Å²) in [5.74, 6) is -0.437. The molecule has 0 radical (unpaired) electrons. The Labute approximate surface area is 412 Å². The number of halogens is 2. The van der Waals surface area contributed by atoms with Crippen LogP contribution in [0.2, 0.25) is 0 Å². The highest BCUT2D eigenvalue weighted by molar-refractivity contribution is 6.03. The number of benzene rings is 3. The van der Waals surface area contributed by atoms with E-state index in [1.807, 2.05) is 30.3 Å². The molecule has 0 saturated heterocycles. The van der Waals surface area contributed by atoms with Gasteiger partial charge in [-0.25, -0.2) is 8.78 Å². The van der Waals surface area contributed by atoms with Crippen LogP contribution >= 0.6 is 0 Å². The topological polar surface area (TPSA) is 230 Å². The van der Waals surface area contributed by atoms with Gasteiger partial charge < -0.3 is 28.2 Å². The van der Waals surface area contributed by atoms with Crippen molar-refractivity contribution in [3.8, 4) is 23.0 Å². The highest BCUT2D eigenvalue weighted by Crippen LogP contribution is 2.45. The Morgan fingerprint density at radius 1 is 0.644 bits per heavy atom. The van der Waals surface area contributed by atoms with Crippen LogP contribution in [0.3, 0.4) is 0 Å². The molecule has 11 rings (SSSR count).